The van der Waals surface area contributed by atoms with Crippen LogP contribution < -0.4 is 10.9 Å². The van der Waals surface area contributed by atoms with Crippen LogP contribution in [0.15, 0.2) is 34.2 Å². The molecule has 30 heavy (non-hydrogen) atoms. The van der Waals surface area contributed by atoms with E-state index < -0.39 is 0 Å². The minimum absolute atomic E-state index is 0.0670. The second-order valence-corrected chi connectivity index (χ2v) is 9.77. The average molecular weight is 442 g/mol. The van der Waals surface area contributed by atoms with E-state index in [1.54, 1.807) is 15.9 Å². The van der Waals surface area contributed by atoms with Crippen molar-refractivity contribution in [1.82, 2.24) is 9.55 Å². The third-order valence-electron chi connectivity index (χ3n) is 5.53. The summed E-state index contributed by atoms with van der Waals surface area (Å²) >= 11 is 3.01. The number of anilines is 1. The zero-order chi connectivity index (χ0) is 21.1. The molecule has 3 aromatic rings. The summed E-state index contributed by atoms with van der Waals surface area (Å²) in [5.41, 5.74) is 3.13. The molecule has 0 spiro atoms. The fourth-order valence-electron chi connectivity index (χ4n) is 3.92. The molecule has 1 aliphatic carbocycles. The van der Waals surface area contributed by atoms with Gasteiger partial charge in [0, 0.05) is 17.1 Å². The summed E-state index contributed by atoms with van der Waals surface area (Å²) in [5, 5.41) is 4.44. The first kappa shape index (κ1) is 21.1. The minimum Gasteiger partial charge on any atom is -0.325 e. The first-order valence-corrected chi connectivity index (χ1v) is 12.4. The van der Waals surface area contributed by atoms with Crippen molar-refractivity contribution < 1.29 is 4.79 Å². The van der Waals surface area contributed by atoms with Crippen molar-refractivity contribution >= 4 is 44.9 Å². The van der Waals surface area contributed by atoms with Crippen LogP contribution in [0.4, 0.5) is 5.69 Å². The highest BCUT2D eigenvalue weighted by molar-refractivity contribution is 7.99. The highest BCUT2D eigenvalue weighted by atomic mass is 32.2. The second kappa shape index (κ2) is 9.35. The molecule has 4 rings (SSSR count). The lowest BCUT2D eigenvalue weighted by molar-refractivity contribution is -0.113. The van der Waals surface area contributed by atoms with E-state index in [1.807, 2.05) is 31.2 Å². The van der Waals surface area contributed by atoms with Gasteiger partial charge in [0.25, 0.3) is 5.56 Å². The lowest BCUT2D eigenvalue weighted by Gasteiger charge is -2.13. The molecule has 0 atom stereocenters. The largest absolute Gasteiger partial charge is 0.325 e. The predicted octanol–water partition coefficient (Wildman–Crippen LogP) is 5.18. The third-order valence-corrected chi connectivity index (χ3v) is 7.69. The Balaban J connectivity index is 1.58. The van der Waals surface area contributed by atoms with Gasteiger partial charge in [-0.3, -0.25) is 14.2 Å². The molecule has 5 nitrogen and oxygen atoms in total. The Morgan fingerprint density at radius 3 is 2.90 bits per heavy atom. The van der Waals surface area contributed by atoms with E-state index in [4.69, 9.17) is 4.98 Å². The van der Waals surface area contributed by atoms with Gasteiger partial charge in [-0.25, -0.2) is 4.98 Å². The molecule has 7 heteroatoms. The molecule has 0 unspecified atom stereocenters. The van der Waals surface area contributed by atoms with E-state index in [9.17, 15) is 9.59 Å². The maximum atomic E-state index is 13.4. The average Bonchev–Trinajstić information content (AvgIpc) is 3.31. The van der Waals surface area contributed by atoms with Crippen LogP contribution in [-0.2, 0) is 24.2 Å². The number of para-hydroxylation sites is 1. The van der Waals surface area contributed by atoms with Crippen LogP contribution >= 0.6 is 23.1 Å². The number of benzene rings is 1. The summed E-state index contributed by atoms with van der Waals surface area (Å²) in [4.78, 5) is 32.9. The fourth-order valence-corrected chi connectivity index (χ4v) is 6.04. The maximum absolute atomic E-state index is 13.4. The topological polar surface area (TPSA) is 64.0 Å². The normalized spacial score (nSPS) is 13.0. The highest BCUT2D eigenvalue weighted by Crippen LogP contribution is 2.35. The van der Waals surface area contributed by atoms with Crippen molar-refractivity contribution in [2.45, 2.75) is 64.1 Å². The van der Waals surface area contributed by atoms with Gasteiger partial charge < -0.3 is 5.32 Å². The zero-order valence-electron chi connectivity index (χ0n) is 17.5. The molecule has 0 saturated heterocycles. The van der Waals surface area contributed by atoms with E-state index >= 15 is 0 Å². The summed E-state index contributed by atoms with van der Waals surface area (Å²) in [6.45, 7) is 4.78. The molecule has 0 saturated carbocycles. The van der Waals surface area contributed by atoms with E-state index in [0.717, 1.165) is 60.0 Å². The maximum Gasteiger partial charge on any atom is 0.263 e. The Hall–Kier alpha value is -2.12. The number of nitrogens with zero attached hydrogens (tertiary/aromatic N) is 2. The number of aromatic nitrogens is 2. The van der Waals surface area contributed by atoms with E-state index in [0.29, 0.717) is 11.7 Å². The van der Waals surface area contributed by atoms with Crippen molar-refractivity contribution in [2.24, 2.45) is 0 Å². The first-order chi connectivity index (χ1) is 14.6. The van der Waals surface area contributed by atoms with Crippen molar-refractivity contribution in [2.75, 3.05) is 11.1 Å². The summed E-state index contributed by atoms with van der Waals surface area (Å²) in [7, 11) is 0. The molecule has 2 heterocycles. The molecule has 1 aromatic carbocycles. The van der Waals surface area contributed by atoms with Crippen LogP contribution in [0.3, 0.4) is 0 Å². The molecule has 2 aromatic heterocycles. The van der Waals surface area contributed by atoms with E-state index in [1.165, 1.54) is 22.2 Å². The SMILES string of the molecule is CCCCCn1c(SCC(=O)Nc2ccccc2C)nc2sc3c(c2c1=O)CCC3. The zero-order valence-corrected chi connectivity index (χ0v) is 19.1. The van der Waals surface area contributed by atoms with Crippen molar-refractivity contribution in [1.29, 1.82) is 0 Å². The highest BCUT2D eigenvalue weighted by Gasteiger charge is 2.23. The Labute approximate surface area is 184 Å². The minimum atomic E-state index is -0.0857. The van der Waals surface area contributed by atoms with E-state index in [-0.39, 0.29) is 17.2 Å². The summed E-state index contributed by atoms with van der Waals surface area (Å²) in [6, 6.07) is 7.73. The molecule has 1 amide bonds. The number of rotatable bonds is 8. The molecule has 1 aliphatic rings. The molecule has 158 valence electrons. The van der Waals surface area contributed by atoms with Crippen LogP contribution in [0.2, 0.25) is 0 Å². The van der Waals surface area contributed by atoms with Crippen LogP contribution in [0.1, 0.15) is 48.6 Å². The standard InChI is InChI=1S/C23H27N3O2S2/c1-3-4-7-13-26-22(28)20-16-10-8-12-18(16)30-21(20)25-23(26)29-14-19(27)24-17-11-6-5-9-15(17)2/h5-6,9,11H,3-4,7-8,10,12-14H2,1-2H3,(H,24,27). The van der Waals surface area contributed by atoms with Crippen LogP contribution in [0.5, 0.6) is 0 Å². The third kappa shape index (κ3) is 4.32. The Morgan fingerprint density at radius 1 is 1.27 bits per heavy atom. The monoisotopic (exact) mass is 441 g/mol. The summed E-state index contributed by atoms with van der Waals surface area (Å²) < 4.78 is 1.80. The number of thiophene rings is 1. The number of hydrogen-bond donors (Lipinski definition) is 1. The van der Waals surface area contributed by atoms with E-state index in [2.05, 4.69) is 12.2 Å². The van der Waals surface area contributed by atoms with Crippen LogP contribution in [0, 0.1) is 6.92 Å². The van der Waals surface area contributed by atoms with Gasteiger partial charge in [-0.2, -0.15) is 0 Å². The number of thioether (sulfide) groups is 1. The molecule has 0 aliphatic heterocycles. The van der Waals surface area contributed by atoms with Crippen LogP contribution in [0.25, 0.3) is 10.2 Å². The van der Waals surface area contributed by atoms with Gasteiger partial charge in [-0.1, -0.05) is 49.7 Å². The number of hydrogen-bond acceptors (Lipinski definition) is 5. The first-order valence-electron chi connectivity index (χ1n) is 10.6. The number of fused-ring (bicyclic) bond motifs is 3. The number of amides is 1. The predicted molar refractivity (Wildman–Crippen MR) is 126 cm³/mol. The lowest BCUT2D eigenvalue weighted by atomic mass is 10.2. The summed E-state index contributed by atoms with van der Waals surface area (Å²) in [5.74, 6) is 0.142. The molecule has 0 fully saturated rings. The van der Waals surface area contributed by atoms with Gasteiger partial charge in [0.15, 0.2) is 5.16 Å². The van der Waals surface area contributed by atoms with Gasteiger partial charge >= 0.3 is 0 Å². The fraction of sp³-hybridized carbons (Fsp3) is 0.435. The van der Waals surface area contributed by atoms with Gasteiger partial charge in [-0.15, -0.1) is 11.3 Å². The van der Waals surface area contributed by atoms with Gasteiger partial charge in [-0.05, 0) is 49.8 Å². The Bertz CT molecular complexity index is 1130. The molecular weight excluding hydrogens is 414 g/mol. The number of carbonyl (C=O) groups excluding carboxylic acids is 1. The second-order valence-electron chi connectivity index (χ2n) is 7.75. The lowest BCUT2D eigenvalue weighted by Crippen LogP contribution is -2.24. The van der Waals surface area contributed by atoms with Crippen molar-refractivity contribution in [3.8, 4) is 0 Å². The molecule has 0 bridgehead atoms. The van der Waals surface area contributed by atoms with Gasteiger partial charge in [0.2, 0.25) is 5.91 Å². The van der Waals surface area contributed by atoms with Crippen molar-refractivity contribution in [3.05, 3.63) is 50.6 Å². The molecular formula is C23H27N3O2S2. The molecule has 0 radical (unpaired) electrons. The molecule has 1 N–H and O–H groups in total. The number of unbranched alkanes of at least 4 members (excludes halogenated alkanes) is 2. The van der Waals surface area contributed by atoms with Crippen molar-refractivity contribution in [3.63, 3.8) is 0 Å². The Morgan fingerprint density at radius 2 is 2.10 bits per heavy atom. The number of carbonyl (C=O) groups is 1. The van der Waals surface area contributed by atoms with Gasteiger partial charge in [0.05, 0.1) is 11.1 Å². The quantitative estimate of drug-likeness (QED) is 0.297. The van der Waals surface area contributed by atoms with Gasteiger partial charge in [0.1, 0.15) is 4.83 Å². The Kier molecular flexibility index (Phi) is 6.58. The van der Waals surface area contributed by atoms with Crippen LogP contribution in [-0.4, -0.2) is 21.2 Å². The smallest absolute Gasteiger partial charge is 0.263 e. The number of aryl methyl sites for hydroxylation is 3. The number of nitrogens with one attached hydrogen (secondary N) is 1. The summed E-state index contributed by atoms with van der Waals surface area (Å²) in [6.07, 6.45) is 6.27.